The van der Waals surface area contributed by atoms with Gasteiger partial charge in [0.05, 0.1) is 17.1 Å². The summed E-state index contributed by atoms with van der Waals surface area (Å²) in [6.07, 6.45) is 4.96. The van der Waals surface area contributed by atoms with Gasteiger partial charge in [-0.2, -0.15) is 15.0 Å². The first-order valence-corrected chi connectivity index (χ1v) is 6.64. The number of hydrogen-bond acceptors (Lipinski definition) is 6. The lowest BCUT2D eigenvalue weighted by Gasteiger charge is -2.07. The fourth-order valence-corrected chi connectivity index (χ4v) is 2.20. The second-order valence-corrected chi connectivity index (χ2v) is 4.72. The van der Waals surface area contributed by atoms with Crippen molar-refractivity contribution >= 4 is 35.3 Å². The van der Waals surface area contributed by atoms with Gasteiger partial charge in [0.2, 0.25) is 18.2 Å². The van der Waals surface area contributed by atoms with Crippen LogP contribution in [0.1, 0.15) is 16.7 Å². The molecule has 0 bridgehead atoms. The summed E-state index contributed by atoms with van der Waals surface area (Å²) in [5.74, 6) is 0. The van der Waals surface area contributed by atoms with E-state index in [1.165, 1.54) is 24.3 Å². The molecule has 0 N–H and O–H groups in total. The molecule has 0 aliphatic carbocycles. The molecule has 0 fully saturated rings. The topological polar surface area (TPSA) is 88.3 Å². The zero-order valence-electron chi connectivity index (χ0n) is 12.2. The number of hydrogen-bond donors (Lipinski definition) is 0. The first-order chi connectivity index (χ1) is 11.2. The molecule has 0 aromatic heterocycles. The lowest BCUT2D eigenvalue weighted by Crippen LogP contribution is -1.90. The molecular formula is C17H11N3O3. The Balaban J connectivity index is 2.39. The second kappa shape index (κ2) is 7.55. The molecule has 0 saturated heterocycles. The maximum Gasteiger partial charge on any atom is 0.240 e. The highest BCUT2D eigenvalue weighted by Gasteiger charge is 2.06. The SMILES string of the molecule is Cc1cc(Cc2ccc(N=C=O)cc2N=C=O)ccc1N=C=O. The summed E-state index contributed by atoms with van der Waals surface area (Å²) in [7, 11) is 0. The summed E-state index contributed by atoms with van der Waals surface area (Å²) < 4.78 is 0. The van der Waals surface area contributed by atoms with Crippen molar-refractivity contribution in [3.8, 4) is 0 Å². The van der Waals surface area contributed by atoms with Crippen LogP contribution in [0.25, 0.3) is 0 Å². The molecule has 2 aromatic carbocycles. The maximum atomic E-state index is 10.6. The lowest BCUT2D eigenvalue weighted by molar-refractivity contribution is 0.564. The van der Waals surface area contributed by atoms with Gasteiger partial charge in [0, 0.05) is 0 Å². The van der Waals surface area contributed by atoms with Crippen molar-refractivity contribution in [3.05, 3.63) is 53.1 Å². The molecule has 112 valence electrons. The average molecular weight is 305 g/mol. The van der Waals surface area contributed by atoms with E-state index in [-0.39, 0.29) is 0 Å². The van der Waals surface area contributed by atoms with Crippen molar-refractivity contribution in [3.63, 3.8) is 0 Å². The quantitative estimate of drug-likeness (QED) is 0.625. The molecule has 0 aliphatic rings. The van der Waals surface area contributed by atoms with Crippen molar-refractivity contribution in [1.29, 1.82) is 0 Å². The van der Waals surface area contributed by atoms with E-state index in [1.54, 1.807) is 18.2 Å². The monoisotopic (exact) mass is 305 g/mol. The standard InChI is InChI=1S/C17H11N3O3/c1-12-6-13(2-5-16(12)19-10-22)7-14-3-4-15(18-9-21)8-17(14)20-11-23/h2-6,8H,7H2,1H3. The van der Waals surface area contributed by atoms with Crippen LogP contribution in [0.3, 0.4) is 0 Å². The van der Waals surface area contributed by atoms with E-state index in [9.17, 15) is 14.4 Å². The van der Waals surface area contributed by atoms with Crippen molar-refractivity contribution in [2.75, 3.05) is 0 Å². The van der Waals surface area contributed by atoms with Gasteiger partial charge in [0.15, 0.2) is 0 Å². The summed E-state index contributed by atoms with van der Waals surface area (Å²) in [6, 6.07) is 10.3. The normalized spacial score (nSPS) is 9.26. The van der Waals surface area contributed by atoms with Crippen molar-refractivity contribution in [1.82, 2.24) is 0 Å². The third-order valence-electron chi connectivity index (χ3n) is 3.23. The van der Waals surface area contributed by atoms with Crippen molar-refractivity contribution in [2.45, 2.75) is 13.3 Å². The molecule has 2 rings (SSSR count). The fraction of sp³-hybridized carbons (Fsp3) is 0.118. The van der Waals surface area contributed by atoms with E-state index in [0.717, 1.165) is 16.7 Å². The van der Waals surface area contributed by atoms with Crippen LogP contribution in [0.4, 0.5) is 17.1 Å². The van der Waals surface area contributed by atoms with Crippen molar-refractivity contribution in [2.24, 2.45) is 15.0 Å². The number of isocyanates is 3. The maximum absolute atomic E-state index is 10.6. The molecular weight excluding hydrogens is 294 g/mol. The van der Waals surface area contributed by atoms with Crippen LogP contribution in [0.15, 0.2) is 51.4 Å². The first-order valence-electron chi connectivity index (χ1n) is 6.64. The third-order valence-corrected chi connectivity index (χ3v) is 3.23. The molecule has 6 nitrogen and oxygen atoms in total. The Morgan fingerprint density at radius 2 is 1.52 bits per heavy atom. The van der Waals surface area contributed by atoms with Crippen LogP contribution in [0.5, 0.6) is 0 Å². The van der Waals surface area contributed by atoms with Crippen LogP contribution in [0, 0.1) is 6.92 Å². The molecule has 0 unspecified atom stereocenters. The predicted molar refractivity (Wildman–Crippen MR) is 83.8 cm³/mol. The smallest absolute Gasteiger partial charge is 0.211 e. The number of aryl methyl sites for hydroxylation is 1. The highest BCUT2D eigenvalue weighted by molar-refractivity contribution is 5.63. The van der Waals surface area contributed by atoms with Crippen LogP contribution in [-0.4, -0.2) is 18.2 Å². The molecule has 0 atom stereocenters. The van der Waals surface area contributed by atoms with Gasteiger partial charge in [-0.25, -0.2) is 14.4 Å². The number of benzene rings is 2. The average Bonchev–Trinajstić information content (AvgIpc) is 2.53. The summed E-state index contributed by atoms with van der Waals surface area (Å²) in [4.78, 5) is 42.0. The molecule has 0 radical (unpaired) electrons. The van der Waals surface area contributed by atoms with Gasteiger partial charge in [-0.1, -0.05) is 18.2 Å². The van der Waals surface area contributed by atoms with Crippen LogP contribution in [-0.2, 0) is 20.8 Å². The zero-order chi connectivity index (χ0) is 16.7. The van der Waals surface area contributed by atoms with Gasteiger partial charge in [0.1, 0.15) is 0 Å². The van der Waals surface area contributed by atoms with E-state index in [1.807, 2.05) is 19.1 Å². The Hall–Kier alpha value is -3.42. The zero-order valence-corrected chi connectivity index (χ0v) is 12.2. The highest BCUT2D eigenvalue weighted by atomic mass is 16.1. The number of aliphatic imine (C=N–C) groups is 3. The third kappa shape index (κ3) is 4.03. The Morgan fingerprint density at radius 1 is 0.826 bits per heavy atom. The summed E-state index contributed by atoms with van der Waals surface area (Å²) in [5, 5.41) is 0. The number of nitrogens with zero attached hydrogens (tertiary/aromatic N) is 3. The largest absolute Gasteiger partial charge is 0.240 e. The van der Waals surface area contributed by atoms with E-state index in [4.69, 9.17) is 0 Å². The van der Waals surface area contributed by atoms with Crippen LogP contribution in [0.2, 0.25) is 0 Å². The van der Waals surface area contributed by atoms with Gasteiger partial charge >= 0.3 is 0 Å². The molecule has 6 heteroatoms. The van der Waals surface area contributed by atoms with Gasteiger partial charge in [0.25, 0.3) is 0 Å². The number of rotatable bonds is 5. The van der Waals surface area contributed by atoms with E-state index < -0.39 is 0 Å². The van der Waals surface area contributed by atoms with Crippen LogP contribution >= 0.6 is 0 Å². The Morgan fingerprint density at radius 3 is 2.17 bits per heavy atom. The first kappa shape index (κ1) is 16.0. The van der Waals surface area contributed by atoms with Gasteiger partial charge in [-0.15, -0.1) is 0 Å². The predicted octanol–water partition coefficient (Wildman–Crippen LogP) is 3.49. The van der Waals surface area contributed by atoms with Crippen molar-refractivity contribution < 1.29 is 14.4 Å². The molecule has 0 heterocycles. The molecule has 0 amide bonds. The molecule has 23 heavy (non-hydrogen) atoms. The van der Waals surface area contributed by atoms with E-state index in [2.05, 4.69) is 15.0 Å². The molecule has 0 saturated carbocycles. The Kier molecular flexibility index (Phi) is 5.24. The minimum absolute atomic E-state index is 0.365. The number of carbonyl (C=O) groups excluding carboxylic acids is 3. The van der Waals surface area contributed by atoms with Gasteiger partial charge in [-0.3, -0.25) is 0 Å². The minimum atomic E-state index is 0.365. The van der Waals surface area contributed by atoms with Crippen LogP contribution < -0.4 is 0 Å². The van der Waals surface area contributed by atoms with E-state index >= 15 is 0 Å². The molecule has 2 aromatic rings. The lowest BCUT2D eigenvalue weighted by atomic mass is 10.0. The second-order valence-electron chi connectivity index (χ2n) is 4.72. The molecule has 0 aliphatic heterocycles. The van der Waals surface area contributed by atoms with Gasteiger partial charge in [-0.05, 0) is 48.2 Å². The summed E-state index contributed by atoms with van der Waals surface area (Å²) in [6.45, 7) is 1.84. The van der Waals surface area contributed by atoms with E-state index in [0.29, 0.717) is 23.5 Å². The Bertz CT molecular complexity index is 886. The van der Waals surface area contributed by atoms with Gasteiger partial charge < -0.3 is 0 Å². The molecule has 0 spiro atoms. The Labute approximate surface area is 131 Å². The summed E-state index contributed by atoms with van der Waals surface area (Å²) >= 11 is 0. The fourth-order valence-electron chi connectivity index (χ4n) is 2.20. The summed E-state index contributed by atoms with van der Waals surface area (Å²) in [5.41, 5.74) is 3.90. The highest BCUT2D eigenvalue weighted by Crippen LogP contribution is 2.28. The minimum Gasteiger partial charge on any atom is -0.211 e.